The van der Waals surface area contributed by atoms with E-state index in [1.807, 2.05) is 0 Å². The average molecular weight is 262 g/mol. The summed E-state index contributed by atoms with van der Waals surface area (Å²) in [5.41, 5.74) is 2.71. The van der Waals surface area contributed by atoms with Crippen molar-refractivity contribution in [2.24, 2.45) is 0 Å². The van der Waals surface area contributed by atoms with E-state index >= 15 is 0 Å². The summed E-state index contributed by atoms with van der Waals surface area (Å²) >= 11 is 0. The molecule has 0 aliphatic carbocycles. The van der Waals surface area contributed by atoms with Gasteiger partial charge in [-0.25, -0.2) is 8.78 Å². The van der Waals surface area contributed by atoms with Gasteiger partial charge in [-0.05, 0) is 61.2 Å². The molecule has 0 heterocycles. The molecule has 2 aromatic rings. The van der Waals surface area contributed by atoms with E-state index in [9.17, 15) is 13.9 Å². The number of aliphatic hydroxyl groups excluding tert-OH is 1. The lowest BCUT2D eigenvalue weighted by Crippen LogP contribution is -2.06. The van der Waals surface area contributed by atoms with Crippen molar-refractivity contribution in [1.82, 2.24) is 0 Å². The molecule has 0 saturated carbocycles. The van der Waals surface area contributed by atoms with E-state index in [-0.39, 0.29) is 5.56 Å². The first-order valence-electron chi connectivity index (χ1n) is 6.10. The van der Waals surface area contributed by atoms with E-state index in [0.29, 0.717) is 16.7 Å². The minimum absolute atomic E-state index is 0.204. The predicted octanol–water partition coefficient (Wildman–Crippen LogP) is 3.97. The molecule has 0 fully saturated rings. The standard InChI is InChI=1S/C16H16F2O/c1-9-4-11(3)15(14(18)7-9)16(19)12-5-10(2)6-13(17)8-12/h4-8,16,19H,1-3H3. The third-order valence-corrected chi connectivity index (χ3v) is 3.13. The maximum absolute atomic E-state index is 14.0. The normalized spacial score (nSPS) is 12.5. The summed E-state index contributed by atoms with van der Waals surface area (Å²) < 4.78 is 27.4. The molecule has 3 heteroatoms. The van der Waals surface area contributed by atoms with Gasteiger partial charge in [-0.3, -0.25) is 0 Å². The van der Waals surface area contributed by atoms with Crippen molar-refractivity contribution >= 4 is 0 Å². The highest BCUT2D eigenvalue weighted by Gasteiger charge is 2.18. The van der Waals surface area contributed by atoms with Gasteiger partial charge in [-0.2, -0.15) is 0 Å². The topological polar surface area (TPSA) is 20.2 Å². The second-order valence-electron chi connectivity index (χ2n) is 4.94. The zero-order valence-corrected chi connectivity index (χ0v) is 11.2. The molecule has 2 rings (SSSR count). The highest BCUT2D eigenvalue weighted by molar-refractivity contribution is 5.39. The molecule has 2 aromatic carbocycles. The van der Waals surface area contributed by atoms with Gasteiger partial charge in [0.1, 0.15) is 17.7 Å². The van der Waals surface area contributed by atoms with E-state index in [0.717, 1.165) is 5.56 Å². The molecule has 0 aromatic heterocycles. The summed E-state index contributed by atoms with van der Waals surface area (Å²) in [5.74, 6) is -0.897. The Morgan fingerprint density at radius 2 is 1.53 bits per heavy atom. The molecule has 0 aliphatic rings. The van der Waals surface area contributed by atoms with Gasteiger partial charge in [-0.15, -0.1) is 0 Å². The molecule has 0 spiro atoms. The minimum atomic E-state index is -1.16. The maximum atomic E-state index is 14.0. The second-order valence-corrected chi connectivity index (χ2v) is 4.94. The lowest BCUT2D eigenvalue weighted by atomic mass is 9.94. The highest BCUT2D eigenvalue weighted by atomic mass is 19.1. The summed E-state index contributed by atoms with van der Waals surface area (Å²) in [4.78, 5) is 0. The molecule has 1 atom stereocenters. The van der Waals surface area contributed by atoms with Crippen LogP contribution in [0.4, 0.5) is 8.78 Å². The number of aryl methyl sites for hydroxylation is 3. The molecule has 0 amide bonds. The number of aliphatic hydroxyl groups is 1. The highest BCUT2D eigenvalue weighted by Crippen LogP contribution is 2.29. The molecule has 19 heavy (non-hydrogen) atoms. The first-order chi connectivity index (χ1) is 8.88. The molecular formula is C16H16F2O. The van der Waals surface area contributed by atoms with Crippen LogP contribution in [0.2, 0.25) is 0 Å². The van der Waals surface area contributed by atoms with Crippen LogP contribution in [0.15, 0.2) is 30.3 Å². The van der Waals surface area contributed by atoms with Crippen LogP contribution < -0.4 is 0 Å². The van der Waals surface area contributed by atoms with Gasteiger partial charge in [0.15, 0.2) is 0 Å². The first-order valence-corrected chi connectivity index (χ1v) is 6.10. The molecule has 100 valence electrons. The van der Waals surface area contributed by atoms with Crippen LogP contribution in [0.5, 0.6) is 0 Å². The van der Waals surface area contributed by atoms with E-state index in [1.54, 1.807) is 32.9 Å². The zero-order chi connectivity index (χ0) is 14.2. The molecule has 0 aliphatic heterocycles. The third-order valence-electron chi connectivity index (χ3n) is 3.13. The van der Waals surface area contributed by atoms with Crippen molar-refractivity contribution < 1.29 is 13.9 Å². The van der Waals surface area contributed by atoms with Crippen LogP contribution >= 0.6 is 0 Å². The zero-order valence-electron chi connectivity index (χ0n) is 11.2. The van der Waals surface area contributed by atoms with Gasteiger partial charge in [0, 0.05) is 5.56 Å². The van der Waals surface area contributed by atoms with Crippen LogP contribution in [-0.4, -0.2) is 5.11 Å². The van der Waals surface area contributed by atoms with Gasteiger partial charge in [-0.1, -0.05) is 12.1 Å². The van der Waals surface area contributed by atoms with Crippen molar-refractivity contribution in [2.45, 2.75) is 26.9 Å². The molecule has 0 bridgehead atoms. The lowest BCUT2D eigenvalue weighted by molar-refractivity contribution is 0.213. The Bertz CT molecular complexity index is 577. The quantitative estimate of drug-likeness (QED) is 0.868. The Balaban J connectivity index is 2.52. The van der Waals surface area contributed by atoms with Crippen LogP contribution in [-0.2, 0) is 0 Å². The van der Waals surface area contributed by atoms with Crippen molar-refractivity contribution in [3.8, 4) is 0 Å². The lowest BCUT2D eigenvalue weighted by Gasteiger charge is -2.16. The Morgan fingerprint density at radius 1 is 0.895 bits per heavy atom. The molecule has 1 nitrogen and oxygen atoms in total. The maximum Gasteiger partial charge on any atom is 0.129 e. The Kier molecular flexibility index (Phi) is 3.67. The van der Waals surface area contributed by atoms with Crippen LogP contribution in [0, 0.1) is 32.4 Å². The van der Waals surface area contributed by atoms with Gasteiger partial charge in [0.25, 0.3) is 0 Å². The summed E-state index contributed by atoms with van der Waals surface area (Å²) in [6, 6.07) is 7.43. The molecule has 1 unspecified atom stereocenters. The van der Waals surface area contributed by atoms with Crippen molar-refractivity contribution in [2.75, 3.05) is 0 Å². The van der Waals surface area contributed by atoms with Gasteiger partial charge in [0.2, 0.25) is 0 Å². The van der Waals surface area contributed by atoms with E-state index in [4.69, 9.17) is 0 Å². The second kappa shape index (κ2) is 5.10. The third kappa shape index (κ3) is 2.82. The SMILES string of the molecule is Cc1cc(F)cc(C(O)c2c(C)cc(C)cc2F)c1. The van der Waals surface area contributed by atoms with Crippen molar-refractivity contribution in [3.05, 3.63) is 69.8 Å². The number of hydrogen-bond donors (Lipinski definition) is 1. The van der Waals surface area contributed by atoms with Gasteiger partial charge >= 0.3 is 0 Å². The average Bonchev–Trinajstić information content (AvgIpc) is 2.25. The van der Waals surface area contributed by atoms with E-state index in [1.165, 1.54) is 18.2 Å². The van der Waals surface area contributed by atoms with E-state index in [2.05, 4.69) is 0 Å². The van der Waals surface area contributed by atoms with Crippen molar-refractivity contribution in [1.29, 1.82) is 0 Å². The summed E-state index contributed by atoms with van der Waals surface area (Å²) in [6.45, 7) is 5.26. The van der Waals surface area contributed by atoms with E-state index < -0.39 is 17.7 Å². The number of halogens is 2. The monoisotopic (exact) mass is 262 g/mol. The van der Waals surface area contributed by atoms with Gasteiger partial charge in [0.05, 0.1) is 0 Å². The summed E-state index contributed by atoms with van der Waals surface area (Å²) in [6.07, 6.45) is -1.16. The van der Waals surface area contributed by atoms with Crippen LogP contribution in [0.1, 0.15) is 33.9 Å². The predicted molar refractivity (Wildman–Crippen MR) is 71.1 cm³/mol. The Hall–Kier alpha value is -1.74. The summed E-state index contributed by atoms with van der Waals surface area (Å²) in [5, 5.41) is 10.3. The number of rotatable bonds is 2. The summed E-state index contributed by atoms with van der Waals surface area (Å²) in [7, 11) is 0. The van der Waals surface area contributed by atoms with Crippen LogP contribution in [0.25, 0.3) is 0 Å². The fourth-order valence-electron chi connectivity index (χ4n) is 2.36. The Labute approximate surface area is 111 Å². The molecular weight excluding hydrogens is 246 g/mol. The first kappa shape index (κ1) is 13.7. The fraction of sp³-hybridized carbons (Fsp3) is 0.250. The fourth-order valence-corrected chi connectivity index (χ4v) is 2.36. The molecule has 1 N–H and O–H groups in total. The molecule has 0 saturated heterocycles. The smallest absolute Gasteiger partial charge is 0.129 e. The minimum Gasteiger partial charge on any atom is -0.384 e. The van der Waals surface area contributed by atoms with Gasteiger partial charge < -0.3 is 5.11 Å². The number of hydrogen-bond acceptors (Lipinski definition) is 1. The van der Waals surface area contributed by atoms with Crippen molar-refractivity contribution in [3.63, 3.8) is 0 Å². The number of benzene rings is 2. The van der Waals surface area contributed by atoms with Crippen LogP contribution in [0.3, 0.4) is 0 Å². The Morgan fingerprint density at radius 3 is 2.11 bits per heavy atom. The molecule has 0 radical (unpaired) electrons. The largest absolute Gasteiger partial charge is 0.384 e.